The Bertz CT molecular complexity index is 1350. The zero-order valence-electron chi connectivity index (χ0n) is 20.0. The van der Waals surface area contributed by atoms with Gasteiger partial charge in [0.05, 0.1) is 17.9 Å². The van der Waals surface area contributed by atoms with Crippen LogP contribution in [0.25, 0.3) is 5.69 Å². The maximum atomic E-state index is 13.8. The fourth-order valence-electron chi connectivity index (χ4n) is 4.00. The maximum Gasteiger partial charge on any atom is 0.326 e. The van der Waals surface area contributed by atoms with Gasteiger partial charge in [0.2, 0.25) is 0 Å². The molecule has 4 aromatic rings. The average Bonchev–Trinajstić information content (AvgIpc) is 3.54. The molecule has 0 aliphatic heterocycles. The second kappa shape index (κ2) is 10.9. The predicted molar refractivity (Wildman–Crippen MR) is 133 cm³/mol. The summed E-state index contributed by atoms with van der Waals surface area (Å²) in [6.07, 6.45) is 5.78. The molecule has 0 spiro atoms. The van der Waals surface area contributed by atoms with Gasteiger partial charge in [0.1, 0.15) is 11.9 Å². The standard InChI is InChI=1S/C26H27FN6O3/c1-3-18-14-19(27)12-16(2)23(18)24(34)31-22(25(35)36)13-17-4-6-21(7-5-17)33-11-8-20(32-33)15-30-26-28-9-10-29-26/h4-12,14,22H,3,13,15H2,1-2H3,(H,31,34)(H,35,36)(H2,28,29,30). The van der Waals surface area contributed by atoms with Crippen molar-refractivity contribution in [1.29, 1.82) is 0 Å². The summed E-state index contributed by atoms with van der Waals surface area (Å²) in [6.45, 7) is 3.96. The monoisotopic (exact) mass is 490 g/mol. The van der Waals surface area contributed by atoms with Crippen molar-refractivity contribution >= 4 is 17.8 Å². The highest BCUT2D eigenvalue weighted by atomic mass is 19.1. The van der Waals surface area contributed by atoms with Crippen LogP contribution in [0.2, 0.25) is 0 Å². The first-order valence-electron chi connectivity index (χ1n) is 11.5. The maximum absolute atomic E-state index is 13.8. The Kier molecular flexibility index (Phi) is 7.43. The van der Waals surface area contributed by atoms with E-state index in [2.05, 4.69) is 25.7 Å². The van der Waals surface area contributed by atoms with E-state index in [1.807, 2.05) is 31.3 Å². The van der Waals surface area contributed by atoms with Crippen molar-refractivity contribution in [1.82, 2.24) is 25.1 Å². The van der Waals surface area contributed by atoms with Crippen molar-refractivity contribution in [2.75, 3.05) is 5.32 Å². The van der Waals surface area contributed by atoms with Gasteiger partial charge in [0.15, 0.2) is 5.95 Å². The molecule has 0 aliphatic carbocycles. The van der Waals surface area contributed by atoms with E-state index in [9.17, 15) is 19.1 Å². The van der Waals surface area contributed by atoms with Crippen LogP contribution in [0.5, 0.6) is 0 Å². The van der Waals surface area contributed by atoms with Gasteiger partial charge in [0, 0.05) is 30.6 Å². The molecule has 1 unspecified atom stereocenters. The molecule has 1 atom stereocenters. The van der Waals surface area contributed by atoms with Crippen LogP contribution >= 0.6 is 0 Å². The van der Waals surface area contributed by atoms with Crippen LogP contribution in [0.1, 0.15) is 39.7 Å². The third-order valence-electron chi connectivity index (χ3n) is 5.81. The Morgan fingerprint density at radius 3 is 2.64 bits per heavy atom. The number of hydrogen-bond donors (Lipinski definition) is 4. The summed E-state index contributed by atoms with van der Waals surface area (Å²) in [5.74, 6) is -1.44. The van der Waals surface area contributed by atoms with E-state index < -0.39 is 23.7 Å². The lowest BCUT2D eigenvalue weighted by molar-refractivity contribution is -0.139. The minimum atomic E-state index is -1.15. The van der Waals surface area contributed by atoms with E-state index in [1.54, 1.807) is 36.1 Å². The molecule has 0 fully saturated rings. The summed E-state index contributed by atoms with van der Waals surface area (Å²) in [7, 11) is 0. The summed E-state index contributed by atoms with van der Waals surface area (Å²) in [6, 6.07) is 10.6. The second-order valence-corrected chi connectivity index (χ2v) is 8.39. The van der Waals surface area contributed by atoms with E-state index in [-0.39, 0.29) is 6.42 Å². The molecule has 36 heavy (non-hydrogen) atoms. The lowest BCUT2D eigenvalue weighted by Crippen LogP contribution is -2.42. The van der Waals surface area contributed by atoms with Gasteiger partial charge < -0.3 is 20.7 Å². The predicted octanol–water partition coefficient (Wildman–Crippen LogP) is 3.64. The molecule has 9 nitrogen and oxygen atoms in total. The number of anilines is 1. The van der Waals surface area contributed by atoms with Gasteiger partial charge in [0.25, 0.3) is 5.91 Å². The highest BCUT2D eigenvalue weighted by Gasteiger charge is 2.24. The number of aliphatic carboxylic acids is 1. The van der Waals surface area contributed by atoms with E-state index in [1.165, 1.54) is 12.1 Å². The number of benzene rings is 2. The molecule has 2 aromatic carbocycles. The molecule has 186 valence electrons. The molecule has 0 bridgehead atoms. The van der Waals surface area contributed by atoms with Crippen molar-refractivity contribution in [2.45, 2.75) is 39.3 Å². The average molecular weight is 491 g/mol. The first-order valence-corrected chi connectivity index (χ1v) is 11.5. The third-order valence-corrected chi connectivity index (χ3v) is 5.81. The van der Waals surface area contributed by atoms with Crippen molar-refractivity contribution < 1.29 is 19.1 Å². The summed E-state index contributed by atoms with van der Waals surface area (Å²) >= 11 is 0. The van der Waals surface area contributed by atoms with Gasteiger partial charge in [-0.2, -0.15) is 5.10 Å². The third kappa shape index (κ3) is 5.77. The van der Waals surface area contributed by atoms with Crippen molar-refractivity contribution in [3.05, 3.63) is 94.8 Å². The number of aryl methyl sites for hydroxylation is 2. The largest absolute Gasteiger partial charge is 0.480 e. The number of carboxylic acid groups (broad SMARTS) is 1. The molecule has 2 heterocycles. The molecule has 4 rings (SSSR count). The lowest BCUT2D eigenvalue weighted by atomic mass is 9.98. The van der Waals surface area contributed by atoms with Gasteiger partial charge in [-0.3, -0.25) is 4.79 Å². The molecule has 1 amide bonds. The van der Waals surface area contributed by atoms with Crippen LogP contribution in [-0.4, -0.2) is 42.8 Å². The summed E-state index contributed by atoms with van der Waals surface area (Å²) in [4.78, 5) is 31.9. The molecular formula is C26H27FN6O3. The number of carboxylic acids is 1. The fourth-order valence-corrected chi connectivity index (χ4v) is 4.00. The van der Waals surface area contributed by atoms with E-state index >= 15 is 0 Å². The molecule has 10 heteroatoms. The minimum absolute atomic E-state index is 0.0977. The number of rotatable bonds is 10. The SMILES string of the molecule is CCc1cc(F)cc(C)c1C(=O)NC(Cc1ccc(-n2ccc(CNc3ncc[nH]3)n2)cc1)C(=O)O. The fraction of sp³-hybridized carbons (Fsp3) is 0.231. The number of aromatic amines is 1. The molecule has 0 saturated carbocycles. The van der Waals surface area contributed by atoms with Crippen molar-refractivity contribution in [3.8, 4) is 5.69 Å². The lowest BCUT2D eigenvalue weighted by Gasteiger charge is -2.18. The number of nitrogens with zero attached hydrogens (tertiary/aromatic N) is 3. The highest BCUT2D eigenvalue weighted by Crippen LogP contribution is 2.18. The topological polar surface area (TPSA) is 125 Å². The van der Waals surface area contributed by atoms with Crippen molar-refractivity contribution in [2.24, 2.45) is 0 Å². The quantitative estimate of drug-likeness (QED) is 0.269. The Labute approximate surface area is 207 Å². The Balaban J connectivity index is 1.42. The summed E-state index contributed by atoms with van der Waals surface area (Å²) in [5, 5.41) is 20.0. The van der Waals surface area contributed by atoms with Crippen LogP contribution in [0, 0.1) is 12.7 Å². The molecule has 4 N–H and O–H groups in total. The Hall–Kier alpha value is -4.47. The minimum Gasteiger partial charge on any atom is -0.480 e. The Morgan fingerprint density at radius 1 is 1.19 bits per heavy atom. The molecule has 2 aromatic heterocycles. The van der Waals surface area contributed by atoms with Crippen molar-refractivity contribution in [3.63, 3.8) is 0 Å². The highest BCUT2D eigenvalue weighted by molar-refractivity contribution is 5.99. The van der Waals surface area contributed by atoms with Crippen LogP contribution < -0.4 is 10.6 Å². The number of carbonyl (C=O) groups excluding carboxylic acids is 1. The molecular weight excluding hydrogens is 463 g/mol. The van der Waals surface area contributed by atoms with Crippen LogP contribution in [0.3, 0.4) is 0 Å². The molecule has 0 aliphatic rings. The van der Waals surface area contributed by atoms with Gasteiger partial charge in [-0.15, -0.1) is 0 Å². The molecule has 0 radical (unpaired) electrons. The summed E-state index contributed by atoms with van der Waals surface area (Å²) < 4.78 is 15.5. The second-order valence-electron chi connectivity index (χ2n) is 8.39. The number of nitrogens with one attached hydrogen (secondary N) is 3. The van der Waals surface area contributed by atoms with E-state index in [0.29, 0.717) is 35.6 Å². The summed E-state index contributed by atoms with van der Waals surface area (Å²) in [5.41, 5.74) is 3.70. The zero-order valence-corrected chi connectivity index (χ0v) is 20.0. The number of imidazole rings is 1. The van der Waals surface area contributed by atoms with Crippen LogP contribution in [0.4, 0.5) is 10.3 Å². The number of aromatic nitrogens is 4. The number of H-pyrrole nitrogens is 1. The Morgan fingerprint density at radius 2 is 1.97 bits per heavy atom. The van der Waals surface area contributed by atoms with Gasteiger partial charge in [-0.25, -0.2) is 18.9 Å². The van der Waals surface area contributed by atoms with E-state index in [0.717, 1.165) is 16.9 Å². The van der Waals surface area contributed by atoms with E-state index in [4.69, 9.17) is 0 Å². The van der Waals surface area contributed by atoms with Gasteiger partial charge in [-0.05, 0) is 60.4 Å². The first-order chi connectivity index (χ1) is 17.3. The van der Waals surface area contributed by atoms with Crippen LogP contribution in [0.15, 0.2) is 61.1 Å². The number of halogens is 1. The molecule has 0 saturated heterocycles. The van der Waals surface area contributed by atoms with Crippen LogP contribution in [-0.2, 0) is 24.2 Å². The normalized spacial score (nSPS) is 11.8. The first kappa shape index (κ1) is 24.6. The number of carbonyl (C=O) groups is 2. The smallest absolute Gasteiger partial charge is 0.326 e. The number of amides is 1. The number of hydrogen-bond acceptors (Lipinski definition) is 5. The zero-order chi connectivity index (χ0) is 25.7. The van der Waals surface area contributed by atoms with Gasteiger partial charge >= 0.3 is 5.97 Å². The van der Waals surface area contributed by atoms with Gasteiger partial charge in [-0.1, -0.05) is 19.1 Å².